The molecule has 21 heavy (non-hydrogen) atoms. The monoisotopic (exact) mass is 310 g/mol. The summed E-state index contributed by atoms with van der Waals surface area (Å²) in [5, 5.41) is 8.53. The Morgan fingerprint density at radius 2 is 1.95 bits per heavy atom. The van der Waals surface area contributed by atoms with Crippen molar-refractivity contribution < 1.29 is 31.3 Å². The Balaban J connectivity index is 0.00000161. The average Bonchev–Trinajstić information content (AvgIpc) is 2.97. The number of hydrogen-bond acceptors (Lipinski definition) is 5. The largest absolute Gasteiger partial charge is 1.00 e. The molecule has 1 aliphatic heterocycles. The molecule has 2 heterocycles. The molecule has 112 valence electrons. The van der Waals surface area contributed by atoms with Crippen LogP contribution in [0.15, 0.2) is 41.1 Å². The van der Waals surface area contributed by atoms with Crippen LogP contribution in [-0.2, 0) is 4.74 Å². The van der Waals surface area contributed by atoms with Crippen molar-refractivity contribution in [1.82, 2.24) is 5.27 Å². The molecule has 0 bridgehead atoms. The van der Waals surface area contributed by atoms with Gasteiger partial charge in [-0.2, -0.15) is 0 Å². The van der Waals surface area contributed by atoms with E-state index in [2.05, 4.69) is 10.6 Å². The van der Waals surface area contributed by atoms with E-state index in [9.17, 15) is 4.79 Å². The van der Waals surface area contributed by atoms with E-state index in [1.54, 1.807) is 23.1 Å². The van der Waals surface area contributed by atoms with E-state index in [1.807, 2.05) is 23.2 Å². The predicted molar refractivity (Wildman–Crippen MR) is 69.9 cm³/mol. The number of ether oxygens (including phenoxy) is 1. The molecule has 1 aromatic carbocycles. The number of benzene rings is 1. The quantitative estimate of drug-likeness (QED) is 0.620. The normalized spacial score (nSPS) is 14.4. The lowest BCUT2D eigenvalue weighted by Gasteiger charge is -2.18. The summed E-state index contributed by atoms with van der Waals surface area (Å²) in [5.41, 5.74) is 0.571. The Labute approximate surface area is 127 Å². The molecule has 8 heteroatoms. The first-order valence-electron chi connectivity index (χ1n) is 6.41. The summed E-state index contributed by atoms with van der Waals surface area (Å²) in [6, 6.07) is 8.95. The second-order valence-corrected chi connectivity index (χ2v) is 4.37. The molecule has 7 nitrogen and oxygen atoms in total. The van der Waals surface area contributed by atoms with Crippen molar-refractivity contribution in [3.63, 3.8) is 0 Å². The first kappa shape index (κ1) is 15.3. The fourth-order valence-electron chi connectivity index (χ4n) is 1.96. The number of morpholine rings is 1. The van der Waals surface area contributed by atoms with Crippen LogP contribution in [0, 0.1) is 0 Å². The third kappa shape index (κ3) is 3.71. The Morgan fingerprint density at radius 3 is 2.67 bits per heavy atom. The molecule has 0 unspecified atom stereocenters. The second kappa shape index (κ2) is 7.05. The van der Waals surface area contributed by atoms with Crippen molar-refractivity contribution in [2.75, 3.05) is 36.6 Å². The van der Waals surface area contributed by atoms with Crippen LogP contribution in [0.5, 0.6) is 0 Å². The van der Waals surface area contributed by atoms with Crippen molar-refractivity contribution in [3.8, 4) is 0 Å². The summed E-state index contributed by atoms with van der Waals surface area (Å²) >= 11 is 0. The van der Waals surface area contributed by atoms with Gasteiger partial charge in [-0.05, 0) is 12.1 Å². The molecular weight excluding hydrogens is 296 g/mol. The SMILES string of the molecule is O=C(Nc1c[n+](N2CCOCC2)no1)c1ccccc1.[Cl-]. The number of nitrogens with one attached hydrogen (secondary N) is 1. The molecule has 1 amide bonds. The summed E-state index contributed by atoms with van der Waals surface area (Å²) in [6.45, 7) is 2.80. The number of nitrogens with zero attached hydrogens (tertiary/aromatic N) is 3. The van der Waals surface area contributed by atoms with Crippen molar-refractivity contribution in [2.24, 2.45) is 0 Å². The van der Waals surface area contributed by atoms with Crippen LogP contribution in [0.4, 0.5) is 5.88 Å². The van der Waals surface area contributed by atoms with Gasteiger partial charge < -0.3 is 17.1 Å². The van der Waals surface area contributed by atoms with E-state index in [-0.39, 0.29) is 18.3 Å². The number of carbonyl (C=O) groups is 1. The third-order valence-electron chi connectivity index (χ3n) is 3.01. The molecule has 0 saturated carbocycles. The Bertz CT molecular complexity index is 584. The zero-order valence-electron chi connectivity index (χ0n) is 11.2. The maximum absolute atomic E-state index is 12.0. The van der Waals surface area contributed by atoms with Crippen LogP contribution in [0.1, 0.15) is 10.4 Å². The van der Waals surface area contributed by atoms with Crippen molar-refractivity contribution >= 4 is 11.8 Å². The summed E-state index contributed by atoms with van der Waals surface area (Å²) in [7, 11) is 0. The number of amides is 1. The fraction of sp³-hybridized carbons (Fsp3) is 0.308. The summed E-state index contributed by atoms with van der Waals surface area (Å²) in [4.78, 5) is 13.5. The summed E-state index contributed by atoms with van der Waals surface area (Å²) in [5.74, 6) is 0.0845. The Hall–Kier alpha value is -2.12. The van der Waals surface area contributed by atoms with Crippen molar-refractivity contribution in [2.45, 2.75) is 0 Å². The highest BCUT2D eigenvalue weighted by atomic mass is 35.5. The standard InChI is InChI=1S/C13H14N4O3.ClH/c18-13(11-4-2-1-3-5-11)14-12-10-17(15-20-12)16-6-8-19-9-7-16;/h1-5,10H,6-9H2;1H. The van der Waals surface area contributed by atoms with Gasteiger partial charge in [0.1, 0.15) is 0 Å². The van der Waals surface area contributed by atoms with E-state index in [4.69, 9.17) is 9.26 Å². The number of aromatic nitrogens is 2. The highest BCUT2D eigenvalue weighted by Crippen LogP contribution is 2.06. The van der Waals surface area contributed by atoms with Crippen molar-refractivity contribution in [3.05, 3.63) is 42.1 Å². The van der Waals surface area contributed by atoms with Gasteiger partial charge in [-0.25, -0.2) is 0 Å². The van der Waals surface area contributed by atoms with E-state index < -0.39 is 0 Å². The fourth-order valence-corrected chi connectivity index (χ4v) is 1.96. The molecule has 0 atom stereocenters. The van der Waals surface area contributed by atoms with E-state index in [1.165, 1.54) is 0 Å². The van der Waals surface area contributed by atoms with Gasteiger partial charge in [0.25, 0.3) is 12.1 Å². The zero-order chi connectivity index (χ0) is 13.8. The summed E-state index contributed by atoms with van der Waals surface area (Å²) in [6.07, 6.45) is 1.64. The minimum atomic E-state index is -0.226. The van der Waals surface area contributed by atoms with E-state index in [0.29, 0.717) is 24.7 Å². The Morgan fingerprint density at radius 1 is 1.24 bits per heavy atom. The van der Waals surface area contributed by atoms with Crippen molar-refractivity contribution in [1.29, 1.82) is 0 Å². The maximum Gasteiger partial charge on any atom is 0.306 e. The highest BCUT2D eigenvalue weighted by molar-refractivity contribution is 6.03. The number of halogens is 1. The molecule has 1 saturated heterocycles. The van der Waals surface area contributed by atoms with Crippen LogP contribution >= 0.6 is 0 Å². The third-order valence-corrected chi connectivity index (χ3v) is 3.01. The maximum atomic E-state index is 12.0. The van der Waals surface area contributed by atoms with Crippen LogP contribution in [-0.4, -0.2) is 37.5 Å². The molecular formula is C13H15ClN4O3. The average molecular weight is 311 g/mol. The molecule has 3 rings (SSSR count). The number of rotatable bonds is 3. The number of carbonyl (C=O) groups excluding carboxylic acids is 1. The van der Waals surface area contributed by atoms with Gasteiger partial charge in [0.05, 0.1) is 31.1 Å². The van der Waals surface area contributed by atoms with Crippen LogP contribution in [0.25, 0.3) is 0 Å². The van der Waals surface area contributed by atoms with Crippen LogP contribution in [0.2, 0.25) is 0 Å². The first-order chi connectivity index (χ1) is 9.83. The van der Waals surface area contributed by atoms with Crippen LogP contribution in [0.3, 0.4) is 0 Å². The molecule has 0 radical (unpaired) electrons. The van der Waals surface area contributed by atoms with Gasteiger partial charge in [-0.15, -0.1) is 5.01 Å². The highest BCUT2D eigenvalue weighted by Gasteiger charge is 2.23. The number of anilines is 1. The van der Waals surface area contributed by atoms with Gasteiger partial charge >= 0.3 is 5.88 Å². The summed E-state index contributed by atoms with van der Waals surface area (Å²) < 4.78 is 10.4. The molecule has 2 aromatic rings. The van der Waals surface area contributed by atoms with Gasteiger partial charge in [0.15, 0.2) is 0 Å². The topological polar surface area (TPSA) is 71.5 Å². The minimum absolute atomic E-state index is 0. The molecule has 0 aliphatic carbocycles. The molecule has 1 N–H and O–H groups in total. The van der Waals surface area contributed by atoms with Gasteiger partial charge in [0.2, 0.25) is 5.27 Å². The molecule has 0 spiro atoms. The van der Waals surface area contributed by atoms with Gasteiger partial charge in [-0.3, -0.25) is 14.6 Å². The van der Waals surface area contributed by atoms with Gasteiger partial charge in [0, 0.05) is 5.56 Å². The minimum Gasteiger partial charge on any atom is -1.00 e. The lowest BCUT2D eigenvalue weighted by atomic mass is 10.2. The van der Waals surface area contributed by atoms with E-state index >= 15 is 0 Å². The lowest BCUT2D eigenvalue weighted by molar-refractivity contribution is -0.759. The smallest absolute Gasteiger partial charge is 0.306 e. The van der Waals surface area contributed by atoms with Crippen LogP contribution < -0.4 is 27.5 Å². The molecule has 1 fully saturated rings. The number of hydrogen-bond donors (Lipinski definition) is 1. The lowest BCUT2D eigenvalue weighted by Crippen LogP contribution is -3.00. The first-order valence-corrected chi connectivity index (χ1v) is 6.41. The van der Waals surface area contributed by atoms with Gasteiger partial charge in [-0.1, -0.05) is 18.2 Å². The predicted octanol–water partition coefficient (Wildman–Crippen LogP) is -2.81. The Kier molecular flexibility index (Phi) is 5.13. The zero-order valence-corrected chi connectivity index (χ0v) is 12.0. The molecule has 1 aliphatic rings. The molecule has 1 aromatic heterocycles. The van der Waals surface area contributed by atoms with E-state index in [0.717, 1.165) is 13.1 Å². The second-order valence-electron chi connectivity index (χ2n) is 4.37.